The molecule has 0 bridgehead atoms. The normalized spacial score (nSPS) is 17.6. The molecule has 2 rings (SSSR count). The summed E-state index contributed by atoms with van der Waals surface area (Å²) in [5.41, 5.74) is 1.27. The molecule has 0 unspecified atom stereocenters. The van der Waals surface area contributed by atoms with E-state index in [9.17, 15) is 0 Å². The van der Waals surface area contributed by atoms with Gasteiger partial charge in [0, 0.05) is 18.8 Å². The third kappa shape index (κ3) is 3.68. The van der Waals surface area contributed by atoms with Crippen LogP contribution in [-0.2, 0) is 6.54 Å². The lowest BCUT2D eigenvalue weighted by atomic mass is 9.94. The lowest BCUT2D eigenvalue weighted by molar-refractivity contribution is 0.156. The molecule has 0 atom stereocenters. The highest BCUT2D eigenvalue weighted by Crippen LogP contribution is 2.23. The van der Waals surface area contributed by atoms with Crippen LogP contribution in [0.15, 0.2) is 18.3 Å². The summed E-state index contributed by atoms with van der Waals surface area (Å²) < 4.78 is 0. The molecule has 1 aromatic rings. The molecular weight excluding hydrogens is 232 g/mol. The number of aromatic nitrogens is 1. The molecule has 0 saturated heterocycles. The van der Waals surface area contributed by atoms with Gasteiger partial charge in [-0.25, -0.2) is 4.98 Å². The Kier molecular flexibility index (Phi) is 4.81. The topological polar surface area (TPSA) is 16.1 Å². The Morgan fingerprint density at radius 3 is 2.65 bits per heavy atom. The van der Waals surface area contributed by atoms with E-state index in [0.29, 0.717) is 5.15 Å². The van der Waals surface area contributed by atoms with E-state index < -0.39 is 0 Å². The third-order valence-corrected chi connectivity index (χ3v) is 3.90. The lowest BCUT2D eigenvalue weighted by Crippen LogP contribution is -2.36. The minimum atomic E-state index is 0.578. The maximum atomic E-state index is 5.81. The number of hydrogen-bond acceptors (Lipinski definition) is 2. The molecule has 1 aromatic heterocycles. The van der Waals surface area contributed by atoms with Crippen LogP contribution < -0.4 is 0 Å². The standard InChI is InChI=1S/C14H21ClN2/c1-2-17(13-6-4-3-5-7-13)11-12-8-9-14(15)16-10-12/h8-10,13H,2-7,11H2,1H3. The number of halogens is 1. The molecule has 1 heterocycles. The monoisotopic (exact) mass is 252 g/mol. The number of rotatable bonds is 4. The van der Waals surface area contributed by atoms with Crippen LogP contribution in [0.25, 0.3) is 0 Å². The molecule has 0 aliphatic heterocycles. The second-order valence-electron chi connectivity index (χ2n) is 4.84. The zero-order valence-corrected chi connectivity index (χ0v) is 11.3. The average Bonchev–Trinajstić information content (AvgIpc) is 2.39. The summed E-state index contributed by atoms with van der Waals surface area (Å²) in [5.74, 6) is 0. The predicted octanol–water partition coefficient (Wildman–Crippen LogP) is 3.89. The average molecular weight is 253 g/mol. The van der Waals surface area contributed by atoms with Gasteiger partial charge in [0.15, 0.2) is 0 Å². The molecule has 0 aromatic carbocycles. The fourth-order valence-corrected chi connectivity index (χ4v) is 2.79. The highest BCUT2D eigenvalue weighted by atomic mass is 35.5. The van der Waals surface area contributed by atoms with E-state index >= 15 is 0 Å². The third-order valence-electron chi connectivity index (χ3n) is 3.67. The molecule has 0 radical (unpaired) electrons. The van der Waals surface area contributed by atoms with Crippen LogP contribution in [-0.4, -0.2) is 22.5 Å². The number of hydrogen-bond donors (Lipinski definition) is 0. The van der Waals surface area contributed by atoms with Gasteiger partial charge in [0.05, 0.1) is 0 Å². The van der Waals surface area contributed by atoms with Gasteiger partial charge >= 0.3 is 0 Å². The van der Waals surface area contributed by atoms with Crippen LogP contribution in [0.4, 0.5) is 0 Å². The van der Waals surface area contributed by atoms with Crippen molar-refractivity contribution in [3.05, 3.63) is 29.0 Å². The summed E-state index contributed by atoms with van der Waals surface area (Å²) >= 11 is 5.81. The van der Waals surface area contributed by atoms with Gasteiger partial charge in [-0.2, -0.15) is 0 Å². The molecule has 1 fully saturated rings. The second kappa shape index (κ2) is 6.36. The Morgan fingerprint density at radius 2 is 2.06 bits per heavy atom. The SMILES string of the molecule is CCN(Cc1ccc(Cl)nc1)C1CCCCC1. The minimum Gasteiger partial charge on any atom is -0.296 e. The largest absolute Gasteiger partial charge is 0.296 e. The Balaban J connectivity index is 1.96. The lowest BCUT2D eigenvalue weighted by Gasteiger charge is -2.33. The fourth-order valence-electron chi connectivity index (χ4n) is 2.68. The van der Waals surface area contributed by atoms with E-state index in [0.717, 1.165) is 19.1 Å². The molecule has 17 heavy (non-hydrogen) atoms. The van der Waals surface area contributed by atoms with E-state index in [4.69, 9.17) is 11.6 Å². The summed E-state index contributed by atoms with van der Waals surface area (Å²) in [6.07, 6.45) is 8.80. The Hall–Kier alpha value is -0.600. The molecule has 2 nitrogen and oxygen atoms in total. The molecule has 1 aliphatic rings. The zero-order valence-electron chi connectivity index (χ0n) is 10.5. The number of pyridine rings is 1. The summed E-state index contributed by atoms with van der Waals surface area (Å²) in [4.78, 5) is 6.72. The maximum absolute atomic E-state index is 5.81. The van der Waals surface area contributed by atoms with Crippen molar-refractivity contribution < 1.29 is 0 Å². The van der Waals surface area contributed by atoms with Crippen molar-refractivity contribution in [2.24, 2.45) is 0 Å². The first kappa shape index (κ1) is 12.8. The van der Waals surface area contributed by atoms with Crippen LogP contribution in [0.2, 0.25) is 5.15 Å². The highest BCUT2D eigenvalue weighted by Gasteiger charge is 2.19. The van der Waals surface area contributed by atoms with E-state index in [1.165, 1.54) is 37.7 Å². The van der Waals surface area contributed by atoms with Gasteiger partial charge in [-0.3, -0.25) is 4.90 Å². The molecular formula is C14H21ClN2. The van der Waals surface area contributed by atoms with E-state index in [1.54, 1.807) is 0 Å². The van der Waals surface area contributed by atoms with E-state index in [2.05, 4.69) is 22.9 Å². The first-order valence-electron chi connectivity index (χ1n) is 6.64. The molecule has 94 valence electrons. The van der Waals surface area contributed by atoms with E-state index in [1.807, 2.05) is 12.3 Å². The predicted molar refractivity (Wildman–Crippen MR) is 72.2 cm³/mol. The van der Waals surface area contributed by atoms with Crippen molar-refractivity contribution in [3.8, 4) is 0 Å². The maximum Gasteiger partial charge on any atom is 0.129 e. The summed E-state index contributed by atoms with van der Waals surface area (Å²) in [5, 5.41) is 0.578. The minimum absolute atomic E-state index is 0.578. The van der Waals surface area contributed by atoms with Crippen molar-refractivity contribution in [3.63, 3.8) is 0 Å². The number of nitrogens with zero attached hydrogens (tertiary/aromatic N) is 2. The molecule has 0 N–H and O–H groups in total. The van der Waals surface area contributed by atoms with Gasteiger partial charge < -0.3 is 0 Å². The van der Waals surface area contributed by atoms with Crippen molar-refractivity contribution in [2.75, 3.05) is 6.54 Å². The van der Waals surface area contributed by atoms with Crippen molar-refractivity contribution in [1.29, 1.82) is 0 Å². The van der Waals surface area contributed by atoms with Crippen LogP contribution in [0, 0.1) is 0 Å². The van der Waals surface area contributed by atoms with Crippen LogP contribution in [0.1, 0.15) is 44.6 Å². The molecule has 3 heteroatoms. The van der Waals surface area contributed by atoms with Gasteiger partial charge in [-0.15, -0.1) is 0 Å². The van der Waals surface area contributed by atoms with Gasteiger partial charge in [-0.05, 0) is 31.0 Å². The van der Waals surface area contributed by atoms with Crippen LogP contribution >= 0.6 is 11.6 Å². The van der Waals surface area contributed by atoms with Gasteiger partial charge in [0.1, 0.15) is 5.15 Å². The van der Waals surface area contributed by atoms with Gasteiger partial charge in [0.2, 0.25) is 0 Å². The highest BCUT2D eigenvalue weighted by molar-refractivity contribution is 6.29. The fraction of sp³-hybridized carbons (Fsp3) is 0.643. The van der Waals surface area contributed by atoms with E-state index in [-0.39, 0.29) is 0 Å². The molecule has 1 aliphatic carbocycles. The molecule has 0 spiro atoms. The Bertz CT molecular complexity index is 331. The van der Waals surface area contributed by atoms with Gasteiger partial charge in [-0.1, -0.05) is 43.9 Å². The first-order chi connectivity index (χ1) is 8.29. The Morgan fingerprint density at radius 1 is 1.29 bits per heavy atom. The quantitative estimate of drug-likeness (QED) is 0.756. The van der Waals surface area contributed by atoms with Crippen LogP contribution in [0.5, 0.6) is 0 Å². The molecule has 1 saturated carbocycles. The van der Waals surface area contributed by atoms with Crippen LogP contribution in [0.3, 0.4) is 0 Å². The van der Waals surface area contributed by atoms with Crippen molar-refractivity contribution in [1.82, 2.24) is 9.88 Å². The zero-order chi connectivity index (χ0) is 12.1. The smallest absolute Gasteiger partial charge is 0.129 e. The first-order valence-corrected chi connectivity index (χ1v) is 7.02. The van der Waals surface area contributed by atoms with Crippen molar-refractivity contribution >= 4 is 11.6 Å². The molecule has 0 amide bonds. The summed E-state index contributed by atoms with van der Waals surface area (Å²) in [6.45, 7) is 4.37. The van der Waals surface area contributed by atoms with Gasteiger partial charge in [0.25, 0.3) is 0 Å². The van der Waals surface area contributed by atoms with Crippen molar-refractivity contribution in [2.45, 2.75) is 51.6 Å². The summed E-state index contributed by atoms with van der Waals surface area (Å²) in [7, 11) is 0. The Labute approximate surface area is 109 Å². The second-order valence-corrected chi connectivity index (χ2v) is 5.23. The summed E-state index contributed by atoms with van der Waals surface area (Å²) in [6, 6.07) is 4.73.